The van der Waals surface area contributed by atoms with E-state index in [1.54, 1.807) is 0 Å². The zero-order chi connectivity index (χ0) is 29.9. The highest BCUT2D eigenvalue weighted by Crippen LogP contribution is 2.74. The van der Waals surface area contributed by atoms with E-state index < -0.39 is 39.8 Å². The Bertz CT molecular complexity index is 1240. The Morgan fingerprint density at radius 2 is 1.57 bits per heavy atom. The summed E-state index contributed by atoms with van der Waals surface area (Å²) in [6.07, 6.45) is 1.36. The average Bonchev–Trinajstić information content (AvgIpc) is 2.83. The lowest BCUT2D eigenvalue weighted by atomic mass is 9.32. The van der Waals surface area contributed by atoms with E-state index >= 15 is 0 Å². The van der Waals surface area contributed by atoms with E-state index in [1.807, 2.05) is 19.9 Å². The van der Waals surface area contributed by atoms with Gasteiger partial charge in [0.1, 0.15) is 11.9 Å². The van der Waals surface area contributed by atoms with Crippen LogP contribution in [-0.4, -0.2) is 29.2 Å². The van der Waals surface area contributed by atoms with Gasteiger partial charge in [-0.1, -0.05) is 54.5 Å². The fraction of sp³-hybridized carbons (Fsp3) is 0.812. The first-order chi connectivity index (χ1) is 18.2. The molecule has 5 aliphatic rings. The van der Waals surface area contributed by atoms with E-state index in [4.69, 9.17) is 0 Å². The normalized spacial score (nSPS) is 45.6. The molecule has 5 rings (SSSR count). The summed E-state index contributed by atoms with van der Waals surface area (Å²) in [6.45, 7) is 14.6. The molecular weight excluding hydrogens is 517 g/mol. The summed E-state index contributed by atoms with van der Waals surface area (Å²) in [4.78, 5) is 40.0. The number of nitrogens with zero attached hydrogens (tertiary/aromatic N) is 1. The lowest BCUT2D eigenvalue weighted by molar-refractivity contribution is -0.218. The first-order valence-electron chi connectivity index (χ1n) is 14.8. The van der Waals surface area contributed by atoms with E-state index in [0.717, 1.165) is 12.8 Å². The van der Waals surface area contributed by atoms with Crippen LogP contribution in [0.3, 0.4) is 0 Å². The number of hydrogen-bond acceptors (Lipinski definition) is 4. The van der Waals surface area contributed by atoms with Crippen molar-refractivity contribution in [1.29, 1.82) is 5.26 Å². The smallest absolute Gasteiger partial charge is 0.343 e. The molecule has 5 nitrogen and oxygen atoms in total. The molecule has 1 amide bonds. The standard InChI is InChI=1S/C32H43F3N2O3/c1-26(2)10-12-31(37-25(40)32(33,34)35)13-11-30(7)23(19(31)16-26)20(38)14-22-28(5)15-18(17-36)24(39)27(3,4)21(28)8-9-29(22,30)6/h15,19,21-23H,8-14,16H2,1-7H3,(H,37,40)/t19-,21-,22+,23-,28-,29+,30+,31-/m0/s1. The van der Waals surface area contributed by atoms with Gasteiger partial charge in [0.05, 0.1) is 5.57 Å². The number of Topliss-reactive ketones (excluding diaryl/α,β-unsaturated/α-hetero) is 2. The molecule has 0 aliphatic heterocycles. The van der Waals surface area contributed by atoms with Gasteiger partial charge in [0.25, 0.3) is 0 Å². The fourth-order valence-corrected chi connectivity index (χ4v) is 10.8. The van der Waals surface area contributed by atoms with Crippen molar-refractivity contribution in [1.82, 2.24) is 5.32 Å². The molecule has 40 heavy (non-hydrogen) atoms. The Morgan fingerprint density at radius 1 is 0.950 bits per heavy atom. The lowest BCUT2D eigenvalue weighted by Gasteiger charge is -2.72. The number of allylic oxidation sites excluding steroid dienone is 2. The summed E-state index contributed by atoms with van der Waals surface area (Å²) in [5.74, 6) is -2.96. The number of nitrogens with one attached hydrogen (secondary N) is 1. The number of hydrogen-bond donors (Lipinski definition) is 1. The molecule has 0 saturated heterocycles. The number of carbonyl (C=O) groups excluding carboxylic acids is 3. The van der Waals surface area contributed by atoms with E-state index in [2.05, 4.69) is 46.0 Å². The highest BCUT2D eigenvalue weighted by atomic mass is 19.4. The third kappa shape index (κ3) is 3.74. The SMILES string of the molecule is CC1(C)CC[C@]2(NC(=O)C(F)(F)F)CC[C@]3(C)[C@H](C(=O)C[C@@H]4[C@@]5(C)C=C(C#N)C(=O)C(C)(C)[C@@H]5CC[C@]43C)[C@@H]2C1. The maximum atomic E-state index is 14.4. The molecule has 0 spiro atoms. The largest absolute Gasteiger partial charge is 0.471 e. The molecule has 0 aromatic carbocycles. The molecule has 8 atom stereocenters. The minimum atomic E-state index is -4.98. The van der Waals surface area contributed by atoms with Crippen LogP contribution in [-0.2, 0) is 14.4 Å². The summed E-state index contributed by atoms with van der Waals surface area (Å²) in [7, 11) is 0. The van der Waals surface area contributed by atoms with Gasteiger partial charge in [0.15, 0.2) is 5.78 Å². The van der Waals surface area contributed by atoms with E-state index in [-0.39, 0.29) is 52.1 Å². The Hall–Kier alpha value is -2.17. The number of nitriles is 1. The molecule has 0 radical (unpaired) electrons. The summed E-state index contributed by atoms with van der Waals surface area (Å²) in [6, 6.07) is 2.13. The highest BCUT2D eigenvalue weighted by Gasteiger charge is 2.72. The summed E-state index contributed by atoms with van der Waals surface area (Å²) >= 11 is 0. The molecule has 4 fully saturated rings. The molecule has 8 heteroatoms. The van der Waals surface area contributed by atoms with Crippen molar-refractivity contribution in [2.45, 2.75) is 112 Å². The van der Waals surface area contributed by atoms with Crippen molar-refractivity contribution in [2.24, 2.45) is 50.7 Å². The van der Waals surface area contributed by atoms with E-state index in [0.29, 0.717) is 32.1 Å². The van der Waals surface area contributed by atoms with Crippen molar-refractivity contribution in [2.75, 3.05) is 0 Å². The molecule has 5 aliphatic carbocycles. The fourth-order valence-electron chi connectivity index (χ4n) is 10.8. The zero-order valence-corrected chi connectivity index (χ0v) is 24.8. The molecule has 0 aromatic rings. The van der Waals surface area contributed by atoms with Crippen molar-refractivity contribution in [3.63, 3.8) is 0 Å². The molecule has 4 saturated carbocycles. The number of rotatable bonds is 1. The van der Waals surface area contributed by atoms with Gasteiger partial charge in [0, 0.05) is 23.3 Å². The van der Waals surface area contributed by atoms with Crippen LogP contribution in [0.4, 0.5) is 13.2 Å². The van der Waals surface area contributed by atoms with Crippen LogP contribution in [0.1, 0.15) is 99.8 Å². The summed E-state index contributed by atoms with van der Waals surface area (Å²) in [5.41, 5.74) is -3.13. The monoisotopic (exact) mass is 560 g/mol. The maximum Gasteiger partial charge on any atom is 0.471 e. The first kappa shape index (κ1) is 29.3. The van der Waals surface area contributed by atoms with Crippen LogP contribution in [0.15, 0.2) is 11.6 Å². The number of carbonyl (C=O) groups is 3. The van der Waals surface area contributed by atoms with Crippen LogP contribution in [0.5, 0.6) is 0 Å². The Balaban J connectivity index is 1.61. The van der Waals surface area contributed by atoms with Crippen LogP contribution < -0.4 is 5.32 Å². The predicted molar refractivity (Wildman–Crippen MR) is 143 cm³/mol. The van der Waals surface area contributed by atoms with Gasteiger partial charge in [-0.2, -0.15) is 18.4 Å². The number of halogens is 3. The topological polar surface area (TPSA) is 87.0 Å². The summed E-state index contributed by atoms with van der Waals surface area (Å²) in [5, 5.41) is 12.3. The Labute approximate surface area is 235 Å². The molecule has 0 bridgehead atoms. The Kier molecular flexibility index (Phi) is 6.19. The van der Waals surface area contributed by atoms with Crippen molar-refractivity contribution >= 4 is 17.5 Å². The highest BCUT2D eigenvalue weighted by molar-refractivity contribution is 6.04. The van der Waals surface area contributed by atoms with Gasteiger partial charge >= 0.3 is 12.1 Å². The second kappa shape index (κ2) is 8.44. The molecule has 0 unspecified atom stereocenters. The van der Waals surface area contributed by atoms with Crippen molar-refractivity contribution in [3.05, 3.63) is 11.6 Å². The molecule has 0 heterocycles. The van der Waals surface area contributed by atoms with Gasteiger partial charge in [-0.05, 0) is 84.4 Å². The minimum absolute atomic E-state index is 0.0157. The molecule has 220 valence electrons. The van der Waals surface area contributed by atoms with Gasteiger partial charge < -0.3 is 5.32 Å². The third-order valence-corrected chi connectivity index (χ3v) is 13.1. The van der Waals surface area contributed by atoms with Crippen LogP contribution >= 0.6 is 0 Å². The number of ketones is 2. The predicted octanol–water partition coefficient (Wildman–Crippen LogP) is 6.72. The van der Waals surface area contributed by atoms with Gasteiger partial charge in [-0.15, -0.1) is 0 Å². The minimum Gasteiger partial charge on any atom is -0.343 e. The average molecular weight is 561 g/mol. The van der Waals surface area contributed by atoms with E-state index in [1.165, 1.54) is 0 Å². The lowest BCUT2D eigenvalue weighted by Crippen LogP contribution is -2.72. The third-order valence-electron chi connectivity index (χ3n) is 13.1. The summed E-state index contributed by atoms with van der Waals surface area (Å²) < 4.78 is 40.5. The number of amides is 1. The molecule has 1 N–H and O–H groups in total. The van der Waals surface area contributed by atoms with Crippen LogP contribution in [0.2, 0.25) is 0 Å². The van der Waals surface area contributed by atoms with Crippen LogP contribution in [0, 0.1) is 62.1 Å². The maximum absolute atomic E-state index is 14.4. The quantitative estimate of drug-likeness (QED) is 0.386. The molecule has 0 aromatic heterocycles. The molecular formula is C32H43F3N2O3. The second-order valence-corrected chi connectivity index (χ2v) is 15.8. The Morgan fingerprint density at radius 3 is 2.17 bits per heavy atom. The van der Waals surface area contributed by atoms with Gasteiger partial charge in [-0.25, -0.2) is 0 Å². The van der Waals surface area contributed by atoms with Gasteiger partial charge in [-0.3, -0.25) is 14.4 Å². The number of alkyl halides is 3. The van der Waals surface area contributed by atoms with Crippen LogP contribution in [0.25, 0.3) is 0 Å². The first-order valence-corrected chi connectivity index (χ1v) is 14.8. The number of fused-ring (bicyclic) bond motifs is 7. The van der Waals surface area contributed by atoms with E-state index in [9.17, 15) is 32.8 Å². The van der Waals surface area contributed by atoms with Crippen molar-refractivity contribution < 1.29 is 27.6 Å². The van der Waals surface area contributed by atoms with Crippen molar-refractivity contribution in [3.8, 4) is 6.07 Å². The zero-order valence-electron chi connectivity index (χ0n) is 24.8. The van der Waals surface area contributed by atoms with Gasteiger partial charge in [0.2, 0.25) is 0 Å². The second-order valence-electron chi connectivity index (χ2n) is 15.8.